The lowest BCUT2D eigenvalue weighted by Crippen LogP contribution is -2.30. The zero-order valence-electron chi connectivity index (χ0n) is 17.4. The van der Waals surface area contributed by atoms with E-state index < -0.39 is 11.2 Å². The molecule has 0 saturated heterocycles. The number of nitrogens with zero attached hydrogens (tertiary/aromatic N) is 1. The van der Waals surface area contributed by atoms with E-state index in [0.29, 0.717) is 12.5 Å². The highest BCUT2D eigenvalue weighted by Crippen LogP contribution is 2.41. The van der Waals surface area contributed by atoms with Gasteiger partial charge < -0.3 is 10.0 Å². The van der Waals surface area contributed by atoms with Gasteiger partial charge in [0.25, 0.3) is 6.47 Å². The quantitative estimate of drug-likeness (QED) is 0.558. The van der Waals surface area contributed by atoms with Crippen LogP contribution in [0.4, 0.5) is 8.78 Å². The lowest BCUT2D eigenvalue weighted by atomic mass is 9.77. The van der Waals surface area contributed by atoms with Crippen LogP contribution >= 0.6 is 0 Å². The first-order valence-corrected chi connectivity index (χ1v) is 9.28. The number of hydrogen-bond donors (Lipinski definition) is 1. The molecule has 1 aliphatic carbocycles. The molecule has 0 aromatic rings. The molecule has 5 heteroatoms. The first-order chi connectivity index (χ1) is 11.8. The Kier molecular flexibility index (Phi) is 20.1. The second kappa shape index (κ2) is 17.6. The lowest BCUT2D eigenvalue weighted by molar-refractivity contribution is -0.122. The van der Waals surface area contributed by atoms with E-state index in [2.05, 4.69) is 25.9 Å². The second-order valence-corrected chi connectivity index (χ2v) is 5.90. The van der Waals surface area contributed by atoms with Crippen molar-refractivity contribution >= 4 is 6.47 Å². The van der Waals surface area contributed by atoms with Crippen molar-refractivity contribution in [2.24, 2.45) is 5.41 Å². The molecular formula is C20H39F2NO2. The predicted molar refractivity (Wildman–Crippen MR) is 104 cm³/mol. The molecule has 1 rings (SSSR count). The topological polar surface area (TPSA) is 40.5 Å². The fraction of sp³-hybridized carbons (Fsp3) is 0.750. The lowest BCUT2D eigenvalue weighted by Gasteiger charge is -2.32. The van der Waals surface area contributed by atoms with Gasteiger partial charge in [0.1, 0.15) is 11.7 Å². The van der Waals surface area contributed by atoms with E-state index in [1.54, 1.807) is 0 Å². The van der Waals surface area contributed by atoms with Crippen molar-refractivity contribution < 1.29 is 18.7 Å². The Bertz CT molecular complexity index is 382. The molecule has 0 bridgehead atoms. The Morgan fingerprint density at radius 3 is 2.08 bits per heavy atom. The van der Waals surface area contributed by atoms with Gasteiger partial charge in [-0.3, -0.25) is 4.79 Å². The Labute approximate surface area is 153 Å². The third-order valence-corrected chi connectivity index (χ3v) is 3.97. The molecule has 0 heterocycles. The predicted octanol–water partition coefficient (Wildman–Crippen LogP) is 6.37. The molecule has 1 N–H and O–H groups in total. The standard InChI is InChI=1S/C15H25F2N.2C2H6.CH2O2/c1-5-6-13(18(3)4)8-10-15(2)9-7-12(16)11-14(15)17;2*1-2;2-1-3/h7,11,13H,5-6,8-10H2,1-4H3;2*1-2H3;1H,(H,2,3). The maximum absolute atomic E-state index is 13.9. The van der Waals surface area contributed by atoms with Crippen molar-refractivity contribution in [3.8, 4) is 0 Å². The van der Waals surface area contributed by atoms with E-state index in [4.69, 9.17) is 9.90 Å². The van der Waals surface area contributed by atoms with E-state index in [1.165, 1.54) is 6.08 Å². The van der Waals surface area contributed by atoms with Crippen molar-refractivity contribution in [2.75, 3.05) is 14.1 Å². The molecule has 3 nitrogen and oxygen atoms in total. The molecule has 0 aromatic heterocycles. The number of carbonyl (C=O) groups is 1. The Morgan fingerprint density at radius 1 is 1.24 bits per heavy atom. The van der Waals surface area contributed by atoms with Crippen molar-refractivity contribution in [1.82, 2.24) is 4.90 Å². The Hall–Kier alpha value is -1.23. The third-order valence-electron chi connectivity index (χ3n) is 3.97. The molecular weight excluding hydrogens is 324 g/mol. The minimum atomic E-state index is -0.516. The summed E-state index contributed by atoms with van der Waals surface area (Å²) in [7, 11) is 4.13. The fourth-order valence-corrected chi connectivity index (χ4v) is 2.48. The van der Waals surface area contributed by atoms with Crippen molar-refractivity contribution in [1.29, 1.82) is 0 Å². The van der Waals surface area contributed by atoms with Gasteiger partial charge in [0, 0.05) is 17.5 Å². The molecule has 0 aromatic carbocycles. The van der Waals surface area contributed by atoms with Crippen LogP contribution in [-0.4, -0.2) is 36.6 Å². The number of allylic oxidation sites excluding steroid dienone is 4. The summed E-state index contributed by atoms with van der Waals surface area (Å²) in [6.45, 7) is 11.8. The van der Waals surface area contributed by atoms with E-state index in [0.717, 1.165) is 31.8 Å². The molecule has 0 fully saturated rings. The third kappa shape index (κ3) is 12.7. The van der Waals surface area contributed by atoms with E-state index >= 15 is 0 Å². The maximum Gasteiger partial charge on any atom is 0.290 e. The Balaban J connectivity index is -0.000000605. The highest BCUT2D eigenvalue weighted by Gasteiger charge is 2.32. The normalized spacial score (nSPS) is 19.6. The first-order valence-electron chi connectivity index (χ1n) is 9.28. The molecule has 0 spiro atoms. The minimum Gasteiger partial charge on any atom is -0.483 e. The Morgan fingerprint density at radius 2 is 1.72 bits per heavy atom. The van der Waals surface area contributed by atoms with Crippen LogP contribution in [0.1, 0.15) is 73.6 Å². The summed E-state index contributed by atoms with van der Waals surface area (Å²) in [5.74, 6) is -0.751. The van der Waals surface area contributed by atoms with Gasteiger partial charge in [0.15, 0.2) is 0 Å². The van der Waals surface area contributed by atoms with Gasteiger partial charge in [0.05, 0.1) is 0 Å². The molecule has 2 atom stereocenters. The van der Waals surface area contributed by atoms with Gasteiger partial charge in [0.2, 0.25) is 0 Å². The molecule has 150 valence electrons. The molecule has 0 saturated carbocycles. The summed E-state index contributed by atoms with van der Waals surface area (Å²) in [6, 6.07) is 0.482. The summed E-state index contributed by atoms with van der Waals surface area (Å²) in [5.41, 5.74) is -0.516. The van der Waals surface area contributed by atoms with Crippen LogP contribution in [-0.2, 0) is 4.79 Å². The van der Waals surface area contributed by atoms with Crippen LogP contribution in [0, 0.1) is 5.41 Å². The van der Waals surface area contributed by atoms with E-state index in [-0.39, 0.29) is 12.3 Å². The van der Waals surface area contributed by atoms with Crippen molar-refractivity contribution in [2.45, 2.75) is 79.7 Å². The van der Waals surface area contributed by atoms with Crippen molar-refractivity contribution in [3.05, 3.63) is 23.8 Å². The van der Waals surface area contributed by atoms with Crippen LogP contribution in [0.3, 0.4) is 0 Å². The number of halogens is 2. The molecule has 1 aliphatic rings. The highest BCUT2D eigenvalue weighted by molar-refractivity contribution is 5.32. The molecule has 2 unspecified atom stereocenters. The molecule has 25 heavy (non-hydrogen) atoms. The zero-order valence-corrected chi connectivity index (χ0v) is 17.4. The maximum atomic E-state index is 13.9. The minimum absolute atomic E-state index is 0.250. The zero-order chi connectivity index (χ0) is 20.5. The van der Waals surface area contributed by atoms with Crippen molar-refractivity contribution in [3.63, 3.8) is 0 Å². The van der Waals surface area contributed by atoms with Gasteiger partial charge in [-0.2, -0.15) is 0 Å². The second-order valence-electron chi connectivity index (χ2n) is 5.90. The molecule has 0 radical (unpaired) electrons. The number of hydrogen-bond acceptors (Lipinski definition) is 2. The monoisotopic (exact) mass is 363 g/mol. The highest BCUT2D eigenvalue weighted by atomic mass is 19.1. The van der Waals surface area contributed by atoms with Crippen LogP contribution in [0.5, 0.6) is 0 Å². The summed E-state index contributed by atoms with van der Waals surface area (Å²) >= 11 is 0. The summed E-state index contributed by atoms with van der Waals surface area (Å²) in [5, 5.41) is 6.89. The van der Waals surface area contributed by atoms with Crippen LogP contribution < -0.4 is 0 Å². The van der Waals surface area contributed by atoms with Gasteiger partial charge >= 0.3 is 0 Å². The van der Waals surface area contributed by atoms with Gasteiger partial charge in [-0.15, -0.1) is 0 Å². The van der Waals surface area contributed by atoms with Crippen LogP contribution in [0.2, 0.25) is 0 Å². The van der Waals surface area contributed by atoms with Crippen LogP contribution in [0.15, 0.2) is 23.8 Å². The summed E-state index contributed by atoms with van der Waals surface area (Å²) < 4.78 is 26.8. The molecule has 0 amide bonds. The average molecular weight is 364 g/mol. The first kappa shape index (κ1) is 28.6. The SMILES string of the molecule is CC.CC.CCCC(CCC1(C)CC=C(F)C=C1F)N(C)C.O=CO. The largest absolute Gasteiger partial charge is 0.483 e. The average Bonchev–Trinajstić information content (AvgIpc) is 2.59. The number of rotatable bonds is 6. The number of carboxylic acid groups (broad SMARTS) is 1. The van der Waals surface area contributed by atoms with Gasteiger partial charge in [-0.05, 0) is 45.9 Å². The van der Waals surface area contributed by atoms with E-state index in [1.807, 2.05) is 34.6 Å². The van der Waals surface area contributed by atoms with Crippen LogP contribution in [0.25, 0.3) is 0 Å². The van der Waals surface area contributed by atoms with Gasteiger partial charge in [-0.25, -0.2) is 8.78 Å². The summed E-state index contributed by atoms with van der Waals surface area (Å²) in [4.78, 5) is 10.6. The molecule has 0 aliphatic heterocycles. The fourth-order valence-electron chi connectivity index (χ4n) is 2.48. The van der Waals surface area contributed by atoms with E-state index in [9.17, 15) is 8.78 Å². The van der Waals surface area contributed by atoms with Gasteiger partial charge in [-0.1, -0.05) is 48.0 Å². The summed E-state index contributed by atoms with van der Waals surface area (Å²) in [6.07, 6.45) is 6.97. The smallest absolute Gasteiger partial charge is 0.290 e.